The highest BCUT2D eigenvalue weighted by Crippen LogP contribution is 2.26. The summed E-state index contributed by atoms with van der Waals surface area (Å²) in [5.74, 6) is 1.84. The number of benzene rings is 1. The Morgan fingerprint density at radius 2 is 2.04 bits per heavy atom. The Morgan fingerprint density at radius 1 is 1.15 bits per heavy atom. The van der Waals surface area contributed by atoms with Gasteiger partial charge in [0.1, 0.15) is 23.9 Å². The first-order valence-electron chi connectivity index (χ1n) is 8.75. The predicted molar refractivity (Wildman–Crippen MR) is 98.4 cm³/mol. The van der Waals surface area contributed by atoms with Crippen molar-refractivity contribution in [2.24, 2.45) is 0 Å². The fourth-order valence-corrected chi connectivity index (χ4v) is 3.09. The van der Waals surface area contributed by atoms with Crippen molar-refractivity contribution < 1.29 is 13.9 Å². The van der Waals surface area contributed by atoms with Gasteiger partial charge in [0.15, 0.2) is 5.76 Å². The average Bonchev–Trinajstić information content (AvgIpc) is 3.30. The second-order valence-corrected chi connectivity index (χ2v) is 6.51. The average molecular weight is 348 g/mol. The van der Waals surface area contributed by atoms with Gasteiger partial charge < -0.3 is 14.5 Å². The van der Waals surface area contributed by atoms with E-state index in [9.17, 15) is 4.79 Å². The molecule has 1 aliphatic rings. The summed E-state index contributed by atoms with van der Waals surface area (Å²) in [6.45, 7) is 2.23. The van der Waals surface area contributed by atoms with E-state index in [1.807, 2.05) is 19.1 Å². The van der Waals surface area contributed by atoms with Crippen molar-refractivity contribution in [1.29, 1.82) is 0 Å². The van der Waals surface area contributed by atoms with Crippen molar-refractivity contribution in [3.8, 4) is 5.75 Å². The molecule has 1 N–H and O–H groups in total. The van der Waals surface area contributed by atoms with Crippen LogP contribution in [-0.2, 0) is 19.4 Å². The van der Waals surface area contributed by atoms with E-state index in [2.05, 4.69) is 22.4 Å². The van der Waals surface area contributed by atoms with Crippen molar-refractivity contribution >= 4 is 11.7 Å². The van der Waals surface area contributed by atoms with Crippen LogP contribution in [0.15, 0.2) is 53.1 Å². The summed E-state index contributed by atoms with van der Waals surface area (Å²) in [4.78, 5) is 16.4. The molecule has 0 bridgehead atoms. The summed E-state index contributed by atoms with van der Waals surface area (Å²) >= 11 is 0. The minimum Gasteiger partial charge on any atom is -0.486 e. The van der Waals surface area contributed by atoms with E-state index >= 15 is 0 Å². The number of nitrogens with one attached hydrogen (secondary N) is 1. The van der Waals surface area contributed by atoms with Gasteiger partial charge in [-0.3, -0.25) is 4.79 Å². The zero-order valence-corrected chi connectivity index (χ0v) is 14.6. The number of ether oxygens (including phenoxy) is 1. The normalized spacial score (nSPS) is 12.7. The maximum Gasteiger partial charge on any atom is 0.292 e. The number of pyridine rings is 1. The topological polar surface area (TPSA) is 64.4 Å². The number of furan rings is 1. The Hall–Kier alpha value is -3.08. The first kappa shape index (κ1) is 16.4. The van der Waals surface area contributed by atoms with Gasteiger partial charge in [-0.1, -0.05) is 12.1 Å². The molecule has 0 fully saturated rings. The Morgan fingerprint density at radius 3 is 2.88 bits per heavy atom. The van der Waals surface area contributed by atoms with E-state index in [-0.39, 0.29) is 18.3 Å². The summed E-state index contributed by atoms with van der Waals surface area (Å²) in [6, 6.07) is 13.3. The fraction of sp³-hybridized carbons (Fsp3) is 0.238. The summed E-state index contributed by atoms with van der Waals surface area (Å²) in [7, 11) is 0. The molecule has 0 saturated carbocycles. The molecule has 0 radical (unpaired) electrons. The maximum atomic E-state index is 12.2. The van der Waals surface area contributed by atoms with Crippen LogP contribution >= 0.6 is 0 Å². The van der Waals surface area contributed by atoms with Crippen LogP contribution in [0, 0.1) is 6.92 Å². The Labute approximate surface area is 152 Å². The van der Waals surface area contributed by atoms with Gasteiger partial charge in [0.05, 0.1) is 0 Å². The minimum atomic E-state index is -0.329. The third-order valence-corrected chi connectivity index (χ3v) is 4.49. The number of hydrogen-bond acceptors (Lipinski definition) is 4. The zero-order valence-electron chi connectivity index (χ0n) is 14.6. The molecule has 1 aliphatic carbocycles. The Bertz CT molecular complexity index is 929. The van der Waals surface area contributed by atoms with Gasteiger partial charge in [-0.25, -0.2) is 4.98 Å². The molecule has 0 saturated heterocycles. The zero-order chi connectivity index (χ0) is 17.9. The highest BCUT2D eigenvalue weighted by molar-refractivity contribution is 6.01. The number of nitrogens with zero attached hydrogens (tertiary/aromatic N) is 1. The molecule has 26 heavy (non-hydrogen) atoms. The van der Waals surface area contributed by atoms with Crippen molar-refractivity contribution in [2.45, 2.75) is 32.8 Å². The second-order valence-electron chi connectivity index (χ2n) is 6.51. The molecule has 3 aromatic rings. The molecular formula is C21H20N2O3. The lowest BCUT2D eigenvalue weighted by Crippen LogP contribution is -2.11. The van der Waals surface area contributed by atoms with Gasteiger partial charge in [0.2, 0.25) is 0 Å². The second kappa shape index (κ2) is 7.04. The number of carbonyl (C=O) groups is 1. The number of rotatable bonds is 5. The van der Waals surface area contributed by atoms with Crippen LogP contribution in [0.3, 0.4) is 0 Å². The molecule has 2 aromatic heterocycles. The molecule has 2 heterocycles. The van der Waals surface area contributed by atoms with E-state index in [0.717, 1.165) is 24.2 Å². The number of aromatic nitrogens is 1. The van der Waals surface area contributed by atoms with Crippen LogP contribution in [0.25, 0.3) is 0 Å². The molecule has 5 heteroatoms. The molecule has 0 unspecified atom stereocenters. The van der Waals surface area contributed by atoms with Crippen LogP contribution < -0.4 is 10.1 Å². The summed E-state index contributed by atoms with van der Waals surface area (Å²) in [5, 5.41) is 2.72. The van der Waals surface area contributed by atoms with E-state index in [1.165, 1.54) is 17.5 Å². The quantitative estimate of drug-likeness (QED) is 0.746. The number of anilines is 1. The number of hydrogen-bond donors (Lipinski definition) is 1. The minimum absolute atomic E-state index is 0.236. The van der Waals surface area contributed by atoms with Gasteiger partial charge >= 0.3 is 0 Å². The number of aryl methyl sites for hydroxylation is 3. The van der Waals surface area contributed by atoms with Crippen LogP contribution in [0.1, 0.15) is 39.4 Å². The van der Waals surface area contributed by atoms with Crippen LogP contribution in [0.4, 0.5) is 5.82 Å². The van der Waals surface area contributed by atoms with E-state index in [4.69, 9.17) is 9.15 Å². The lowest BCUT2D eigenvalue weighted by Gasteiger charge is -2.06. The molecule has 1 aromatic carbocycles. The first-order valence-corrected chi connectivity index (χ1v) is 8.75. The van der Waals surface area contributed by atoms with E-state index in [0.29, 0.717) is 11.6 Å². The molecular weight excluding hydrogens is 328 g/mol. The van der Waals surface area contributed by atoms with Crippen LogP contribution in [0.2, 0.25) is 0 Å². The summed E-state index contributed by atoms with van der Waals surface area (Å²) < 4.78 is 11.4. The summed E-state index contributed by atoms with van der Waals surface area (Å²) in [5.41, 5.74) is 3.82. The lowest BCUT2D eigenvalue weighted by atomic mass is 10.1. The predicted octanol–water partition coefficient (Wildman–Crippen LogP) is 4.30. The van der Waals surface area contributed by atoms with E-state index in [1.54, 1.807) is 24.4 Å². The molecule has 0 atom stereocenters. The molecule has 1 amide bonds. The third-order valence-electron chi connectivity index (χ3n) is 4.49. The SMILES string of the molecule is Cc1ccc(NC(=O)c2ccc(COc3ccc4c(c3)CCC4)o2)nc1. The first-order chi connectivity index (χ1) is 12.7. The largest absolute Gasteiger partial charge is 0.486 e. The van der Waals surface area contributed by atoms with Crippen LogP contribution in [0.5, 0.6) is 5.75 Å². The van der Waals surface area contributed by atoms with Crippen molar-refractivity contribution in [2.75, 3.05) is 5.32 Å². The molecule has 0 aliphatic heterocycles. The molecule has 4 rings (SSSR count). The van der Waals surface area contributed by atoms with Crippen molar-refractivity contribution in [1.82, 2.24) is 4.98 Å². The number of carbonyl (C=O) groups excluding carboxylic acids is 1. The van der Waals surface area contributed by atoms with Crippen LogP contribution in [-0.4, -0.2) is 10.9 Å². The van der Waals surface area contributed by atoms with Gasteiger partial charge in [-0.2, -0.15) is 0 Å². The molecule has 132 valence electrons. The van der Waals surface area contributed by atoms with Crippen molar-refractivity contribution in [3.05, 3.63) is 76.9 Å². The fourth-order valence-electron chi connectivity index (χ4n) is 3.09. The van der Waals surface area contributed by atoms with Gasteiger partial charge in [-0.05, 0) is 73.2 Å². The van der Waals surface area contributed by atoms with Gasteiger partial charge in [0, 0.05) is 6.20 Å². The molecule has 0 spiro atoms. The number of fused-ring (bicyclic) bond motifs is 1. The Balaban J connectivity index is 1.36. The Kier molecular flexibility index (Phi) is 4.44. The number of amides is 1. The maximum absolute atomic E-state index is 12.2. The smallest absolute Gasteiger partial charge is 0.292 e. The highest BCUT2D eigenvalue weighted by Gasteiger charge is 2.14. The standard InChI is InChI=1S/C21H20N2O3/c1-14-5-10-20(22-12-14)23-21(24)19-9-8-18(26-19)13-25-17-7-6-15-3-2-4-16(15)11-17/h5-12H,2-4,13H2,1H3,(H,22,23,24). The van der Waals surface area contributed by atoms with E-state index < -0.39 is 0 Å². The monoisotopic (exact) mass is 348 g/mol. The van der Waals surface area contributed by atoms with Crippen molar-refractivity contribution in [3.63, 3.8) is 0 Å². The molecule has 5 nitrogen and oxygen atoms in total. The lowest BCUT2D eigenvalue weighted by molar-refractivity contribution is 0.0992. The van der Waals surface area contributed by atoms with Gasteiger partial charge in [-0.15, -0.1) is 0 Å². The summed E-state index contributed by atoms with van der Waals surface area (Å²) in [6.07, 6.45) is 5.19. The van der Waals surface area contributed by atoms with Gasteiger partial charge in [0.25, 0.3) is 5.91 Å². The highest BCUT2D eigenvalue weighted by atomic mass is 16.5. The third kappa shape index (κ3) is 3.61.